The van der Waals surface area contributed by atoms with E-state index in [1.54, 1.807) is 6.26 Å². The molecule has 5 heterocycles. The average Bonchev–Trinajstić information content (AvgIpc) is 3.34. The van der Waals surface area contributed by atoms with Crippen LogP contribution in [0.1, 0.15) is 37.9 Å². The number of H-pyrrole nitrogens is 1. The summed E-state index contributed by atoms with van der Waals surface area (Å²) in [6, 6.07) is 10.3. The third-order valence-corrected chi connectivity index (χ3v) is 8.43. The van der Waals surface area contributed by atoms with Gasteiger partial charge in [0, 0.05) is 42.4 Å². The zero-order chi connectivity index (χ0) is 22.5. The summed E-state index contributed by atoms with van der Waals surface area (Å²) < 4.78 is 18.1. The molecule has 3 atom stereocenters. The number of hydrogen-bond donors (Lipinski definition) is 2. The van der Waals surface area contributed by atoms with Crippen molar-refractivity contribution in [1.29, 1.82) is 0 Å². The van der Waals surface area contributed by atoms with E-state index in [9.17, 15) is 4.21 Å². The van der Waals surface area contributed by atoms with E-state index in [0.29, 0.717) is 0 Å². The van der Waals surface area contributed by atoms with Crippen LogP contribution in [0, 0.1) is 0 Å². The minimum atomic E-state index is -1.03. The number of pyridine rings is 2. The highest BCUT2D eigenvalue weighted by Gasteiger charge is 2.35. The zero-order valence-corrected chi connectivity index (χ0v) is 20.0. The molecule has 7 nitrogen and oxygen atoms in total. The molecule has 3 aromatic rings. The van der Waals surface area contributed by atoms with Crippen molar-refractivity contribution in [3.63, 3.8) is 0 Å². The summed E-state index contributed by atoms with van der Waals surface area (Å²) in [5.74, 6) is 0.920. The van der Waals surface area contributed by atoms with Crippen LogP contribution in [-0.4, -0.2) is 57.8 Å². The fourth-order valence-corrected chi connectivity index (χ4v) is 5.07. The van der Waals surface area contributed by atoms with Crippen LogP contribution < -0.4 is 10.2 Å². The van der Waals surface area contributed by atoms with Crippen molar-refractivity contribution in [2.45, 2.75) is 50.2 Å². The van der Waals surface area contributed by atoms with Crippen molar-refractivity contribution in [2.75, 3.05) is 31.3 Å². The fourth-order valence-electron chi connectivity index (χ4n) is 4.62. The van der Waals surface area contributed by atoms with E-state index < -0.39 is 15.5 Å². The molecule has 8 heteroatoms. The van der Waals surface area contributed by atoms with E-state index in [4.69, 9.17) is 14.7 Å². The number of fused-ring (bicyclic) bond motifs is 3. The number of aromatic nitrogens is 3. The summed E-state index contributed by atoms with van der Waals surface area (Å²) in [6.45, 7) is 6.52. The van der Waals surface area contributed by atoms with Crippen molar-refractivity contribution in [3.05, 3.63) is 41.6 Å². The van der Waals surface area contributed by atoms with E-state index in [1.807, 2.05) is 27.0 Å². The lowest BCUT2D eigenvalue weighted by atomic mass is 10.0. The van der Waals surface area contributed by atoms with Crippen molar-refractivity contribution >= 4 is 27.7 Å². The molecule has 2 aliphatic rings. The van der Waals surface area contributed by atoms with Crippen molar-refractivity contribution < 1.29 is 8.95 Å². The third kappa shape index (κ3) is 3.95. The van der Waals surface area contributed by atoms with Gasteiger partial charge in [-0.25, -0.2) is 9.97 Å². The number of nitrogens with zero attached hydrogens (tertiary/aromatic N) is 3. The van der Waals surface area contributed by atoms with Crippen LogP contribution >= 0.6 is 0 Å². The Morgan fingerprint density at radius 1 is 1.16 bits per heavy atom. The largest absolute Gasteiger partial charge is 0.371 e. The van der Waals surface area contributed by atoms with E-state index in [0.717, 1.165) is 72.0 Å². The lowest BCUT2D eigenvalue weighted by Crippen LogP contribution is -2.43. The topological polar surface area (TPSA) is 83.1 Å². The first-order chi connectivity index (χ1) is 15.3. The molecule has 0 amide bonds. The van der Waals surface area contributed by atoms with Gasteiger partial charge in [-0.3, -0.25) is 4.21 Å². The summed E-state index contributed by atoms with van der Waals surface area (Å²) >= 11 is 0. The second kappa shape index (κ2) is 8.24. The van der Waals surface area contributed by atoms with Gasteiger partial charge >= 0.3 is 0 Å². The highest BCUT2D eigenvalue weighted by Crippen LogP contribution is 2.35. The standard InChI is InChI=1S/C24H31N5O2S/c1-24(2,32(4)30)15-9-21(20-8-7-19-22(27-20)11-16(26-19)12-25-3)28-23(10-15)29-13-17-5-6-18(14-29)31-17/h7-11,17-18,25-26H,5-6,12-14H2,1-4H3. The van der Waals surface area contributed by atoms with Gasteiger partial charge in [0.25, 0.3) is 0 Å². The molecule has 2 fully saturated rings. The molecule has 0 radical (unpaired) electrons. The minimum absolute atomic E-state index is 0.274. The number of ether oxygens (including phenoxy) is 1. The lowest BCUT2D eigenvalue weighted by Gasteiger charge is -2.34. The Hall–Kier alpha value is -2.29. The van der Waals surface area contributed by atoms with Crippen molar-refractivity contribution in [1.82, 2.24) is 20.3 Å². The average molecular weight is 454 g/mol. The Labute approximate surface area is 191 Å². The number of anilines is 1. The van der Waals surface area contributed by atoms with Crippen LogP contribution in [-0.2, 0) is 26.8 Å². The summed E-state index contributed by atoms with van der Waals surface area (Å²) in [4.78, 5) is 15.7. The molecule has 2 bridgehead atoms. The number of nitrogens with one attached hydrogen (secondary N) is 2. The number of aromatic amines is 1. The number of hydrogen-bond acceptors (Lipinski definition) is 6. The van der Waals surface area contributed by atoms with Gasteiger partial charge in [-0.05, 0) is 69.6 Å². The Balaban J connectivity index is 1.59. The molecule has 2 aliphatic heterocycles. The van der Waals surface area contributed by atoms with E-state index in [1.165, 1.54) is 0 Å². The second-order valence-electron chi connectivity index (χ2n) is 9.38. The maximum absolute atomic E-state index is 12.6. The first-order valence-corrected chi connectivity index (χ1v) is 12.8. The van der Waals surface area contributed by atoms with Crippen LogP contribution in [0.4, 0.5) is 5.82 Å². The Kier molecular flexibility index (Phi) is 5.55. The normalized spacial score (nSPS) is 21.9. The van der Waals surface area contributed by atoms with E-state index in [-0.39, 0.29) is 12.2 Å². The Morgan fingerprint density at radius 3 is 2.59 bits per heavy atom. The van der Waals surface area contributed by atoms with E-state index in [2.05, 4.69) is 39.5 Å². The quantitative estimate of drug-likeness (QED) is 0.596. The first-order valence-electron chi connectivity index (χ1n) is 11.2. The predicted molar refractivity (Wildman–Crippen MR) is 129 cm³/mol. The maximum Gasteiger partial charge on any atom is 0.129 e. The Bertz CT molecular complexity index is 1160. The highest BCUT2D eigenvalue weighted by atomic mass is 32.2. The smallest absolute Gasteiger partial charge is 0.129 e. The SMILES string of the molecule is CNCc1cc2nc(-c3cc(C(C)(C)S(C)=O)cc(N4CC5CCC(C4)O5)n3)ccc2[nH]1. The van der Waals surface area contributed by atoms with Crippen LogP contribution in [0.15, 0.2) is 30.3 Å². The van der Waals surface area contributed by atoms with Crippen LogP contribution in [0.5, 0.6) is 0 Å². The van der Waals surface area contributed by atoms with E-state index >= 15 is 0 Å². The molecule has 170 valence electrons. The molecule has 0 aliphatic carbocycles. The highest BCUT2D eigenvalue weighted by molar-refractivity contribution is 7.85. The van der Waals surface area contributed by atoms with Gasteiger partial charge in [-0.1, -0.05) is 0 Å². The van der Waals surface area contributed by atoms with Crippen LogP contribution in [0.2, 0.25) is 0 Å². The number of rotatable bonds is 6. The molecule has 2 saturated heterocycles. The van der Waals surface area contributed by atoms with Crippen molar-refractivity contribution in [3.8, 4) is 11.4 Å². The summed E-state index contributed by atoms with van der Waals surface area (Å²) in [5, 5.41) is 3.17. The molecular formula is C24H31N5O2S. The monoisotopic (exact) mass is 453 g/mol. The maximum atomic E-state index is 12.6. The fraction of sp³-hybridized carbons (Fsp3) is 0.500. The van der Waals surface area contributed by atoms with Gasteiger partial charge in [0.2, 0.25) is 0 Å². The van der Waals surface area contributed by atoms with Crippen LogP contribution in [0.3, 0.4) is 0 Å². The molecule has 3 aromatic heterocycles. The molecule has 5 rings (SSSR count). The minimum Gasteiger partial charge on any atom is -0.371 e. The summed E-state index contributed by atoms with van der Waals surface area (Å²) in [6.07, 6.45) is 4.53. The molecule has 3 unspecified atom stereocenters. The second-order valence-corrected chi connectivity index (χ2v) is 11.3. The predicted octanol–water partition coefficient (Wildman–Crippen LogP) is 3.33. The van der Waals surface area contributed by atoms with Gasteiger partial charge in [0.05, 0.1) is 39.4 Å². The van der Waals surface area contributed by atoms with Gasteiger partial charge in [-0.2, -0.15) is 0 Å². The lowest BCUT2D eigenvalue weighted by molar-refractivity contribution is 0.0302. The van der Waals surface area contributed by atoms with Gasteiger partial charge < -0.3 is 19.9 Å². The summed E-state index contributed by atoms with van der Waals surface area (Å²) in [7, 11) is 0.898. The summed E-state index contributed by atoms with van der Waals surface area (Å²) in [5.41, 5.74) is 5.68. The van der Waals surface area contributed by atoms with Gasteiger partial charge in [-0.15, -0.1) is 0 Å². The van der Waals surface area contributed by atoms with Crippen molar-refractivity contribution in [2.24, 2.45) is 0 Å². The molecule has 0 spiro atoms. The van der Waals surface area contributed by atoms with Gasteiger partial charge in [0.1, 0.15) is 5.82 Å². The molecule has 2 N–H and O–H groups in total. The van der Waals surface area contributed by atoms with Gasteiger partial charge in [0.15, 0.2) is 0 Å². The van der Waals surface area contributed by atoms with Crippen LogP contribution in [0.25, 0.3) is 22.4 Å². The molecule has 0 saturated carbocycles. The zero-order valence-electron chi connectivity index (χ0n) is 19.1. The Morgan fingerprint density at radius 2 is 1.91 bits per heavy atom. The first kappa shape index (κ1) is 21.6. The molecular weight excluding hydrogens is 422 g/mol. The third-order valence-electron chi connectivity index (χ3n) is 6.75. The number of morpholine rings is 1. The molecule has 0 aromatic carbocycles. The molecule has 32 heavy (non-hydrogen) atoms.